The maximum absolute atomic E-state index is 5.89. The van der Waals surface area contributed by atoms with Gasteiger partial charge in [-0.1, -0.05) is 44.6 Å². The first-order chi connectivity index (χ1) is 10.2. The second kappa shape index (κ2) is 7.81. The van der Waals surface area contributed by atoms with Crippen molar-refractivity contribution in [3.8, 4) is 5.75 Å². The van der Waals surface area contributed by atoms with Crippen LogP contribution in [0.4, 0.5) is 0 Å². The molecule has 2 rings (SSSR count). The van der Waals surface area contributed by atoms with E-state index in [2.05, 4.69) is 31.4 Å². The fourth-order valence-electron chi connectivity index (χ4n) is 3.76. The molecule has 0 spiro atoms. The van der Waals surface area contributed by atoms with E-state index in [1.165, 1.54) is 55.2 Å². The van der Waals surface area contributed by atoms with Crippen LogP contribution in [0.3, 0.4) is 0 Å². The van der Waals surface area contributed by atoms with E-state index in [0.29, 0.717) is 0 Å². The highest BCUT2D eigenvalue weighted by Gasteiger charge is 2.22. The molecule has 1 unspecified atom stereocenters. The lowest BCUT2D eigenvalue weighted by atomic mass is 9.87. The monoisotopic (exact) mass is 290 g/mol. The Labute approximate surface area is 129 Å². The Morgan fingerprint density at radius 3 is 2.43 bits per heavy atom. The Balaban J connectivity index is 2.20. The minimum Gasteiger partial charge on any atom is -0.496 e. The third-order valence-corrected chi connectivity index (χ3v) is 4.81. The lowest BCUT2D eigenvalue weighted by molar-refractivity contribution is 0.344. The maximum atomic E-state index is 5.89. The minimum absolute atomic E-state index is 0.184. The summed E-state index contributed by atoms with van der Waals surface area (Å²) in [7, 11) is 1.75. The van der Waals surface area contributed by atoms with Crippen LogP contribution in [0.25, 0.3) is 0 Å². The Morgan fingerprint density at radius 2 is 1.86 bits per heavy atom. The molecule has 1 aromatic carbocycles. The lowest BCUT2D eigenvalue weighted by Gasteiger charge is -2.25. The maximum Gasteiger partial charge on any atom is 0.124 e. The number of aryl methyl sites for hydroxylation is 2. The number of hydrogen-bond donors (Lipinski definition) is 2. The number of benzene rings is 1. The summed E-state index contributed by atoms with van der Waals surface area (Å²) in [5.74, 6) is 7.62. The average Bonchev–Trinajstić information content (AvgIpc) is 2.73. The molecule has 1 aromatic rings. The van der Waals surface area contributed by atoms with Crippen LogP contribution in [0.1, 0.15) is 67.7 Å². The van der Waals surface area contributed by atoms with Crippen molar-refractivity contribution in [2.24, 2.45) is 11.8 Å². The Bertz CT molecular complexity index is 451. The summed E-state index contributed by atoms with van der Waals surface area (Å²) < 4.78 is 5.61. The molecule has 1 saturated carbocycles. The van der Waals surface area contributed by atoms with Gasteiger partial charge in [0.05, 0.1) is 13.2 Å². The Hall–Kier alpha value is -1.06. The predicted molar refractivity (Wildman–Crippen MR) is 88.3 cm³/mol. The van der Waals surface area contributed by atoms with Crippen molar-refractivity contribution in [1.29, 1.82) is 0 Å². The van der Waals surface area contributed by atoms with Crippen LogP contribution in [0.5, 0.6) is 5.75 Å². The van der Waals surface area contributed by atoms with Crippen molar-refractivity contribution >= 4 is 0 Å². The highest BCUT2D eigenvalue weighted by Crippen LogP contribution is 2.36. The molecule has 0 aliphatic heterocycles. The van der Waals surface area contributed by atoms with Crippen molar-refractivity contribution in [3.63, 3.8) is 0 Å². The van der Waals surface area contributed by atoms with Crippen molar-refractivity contribution in [2.75, 3.05) is 7.11 Å². The Kier molecular flexibility index (Phi) is 6.07. The van der Waals surface area contributed by atoms with Gasteiger partial charge in [-0.2, -0.15) is 0 Å². The zero-order valence-electron chi connectivity index (χ0n) is 13.7. The smallest absolute Gasteiger partial charge is 0.124 e. The molecule has 3 heteroatoms. The standard InChI is InChI=1S/C18H30N2O/c1-13-10-14(2)18(17(11-13)21-3)16(20-19)12-15-8-6-4-5-7-9-15/h10-11,15-16,20H,4-9,12,19H2,1-3H3. The highest BCUT2D eigenvalue weighted by atomic mass is 16.5. The molecule has 0 amide bonds. The molecule has 1 aliphatic rings. The van der Waals surface area contributed by atoms with E-state index >= 15 is 0 Å². The van der Waals surface area contributed by atoms with Crippen LogP contribution in [-0.2, 0) is 0 Å². The zero-order valence-corrected chi connectivity index (χ0v) is 13.7. The first-order valence-electron chi connectivity index (χ1n) is 8.27. The van der Waals surface area contributed by atoms with Gasteiger partial charge in [0.15, 0.2) is 0 Å². The molecule has 118 valence electrons. The van der Waals surface area contributed by atoms with Gasteiger partial charge in [0.2, 0.25) is 0 Å². The number of ether oxygens (including phenoxy) is 1. The van der Waals surface area contributed by atoms with Crippen LogP contribution < -0.4 is 16.0 Å². The number of rotatable bonds is 5. The van der Waals surface area contributed by atoms with E-state index < -0.39 is 0 Å². The van der Waals surface area contributed by atoms with Gasteiger partial charge in [-0.15, -0.1) is 0 Å². The second-order valence-electron chi connectivity index (χ2n) is 6.51. The summed E-state index contributed by atoms with van der Waals surface area (Å²) in [5, 5.41) is 0. The van der Waals surface area contributed by atoms with Crippen LogP contribution >= 0.6 is 0 Å². The normalized spacial score (nSPS) is 18.3. The molecule has 0 radical (unpaired) electrons. The summed E-state index contributed by atoms with van der Waals surface area (Å²) in [6, 6.07) is 4.51. The van der Waals surface area contributed by atoms with Gasteiger partial charge in [0.1, 0.15) is 5.75 Å². The summed E-state index contributed by atoms with van der Waals surface area (Å²) in [4.78, 5) is 0. The van der Waals surface area contributed by atoms with Gasteiger partial charge in [0.25, 0.3) is 0 Å². The number of hydrazine groups is 1. The van der Waals surface area contributed by atoms with Gasteiger partial charge in [-0.25, -0.2) is 0 Å². The third-order valence-electron chi connectivity index (χ3n) is 4.81. The van der Waals surface area contributed by atoms with Crippen LogP contribution in [0.15, 0.2) is 12.1 Å². The van der Waals surface area contributed by atoms with Gasteiger partial charge in [-0.3, -0.25) is 11.3 Å². The first-order valence-corrected chi connectivity index (χ1v) is 8.27. The minimum atomic E-state index is 0.184. The topological polar surface area (TPSA) is 47.3 Å². The molecule has 0 heterocycles. The predicted octanol–water partition coefficient (Wildman–Crippen LogP) is 4.18. The molecule has 1 atom stereocenters. The van der Waals surface area contributed by atoms with Crippen molar-refractivity contribution in [3.05, 3.63) is 28.8 Å². The molecule has 3 N–H and O–H groups in total. The summed E-state index contributed by atoms with van der Waals surface area (Å²) >= 11 is 0. The van der Waals surface area contributed by atoms with Crippen molar-refractivity contribution in [1.82, 2.24) is 5.43 Å². The van der Waals surface area contributed by atoms with E-state index in [1.807, 2.05) is 0 Å². The van der Waals surface area contributed by atoms with Crippen molar-refractivity contribution in [2.45, 2.75) is 64.8 Å². The summed E-state index contributed by atoms with van der Waals surface area (Å²) in [6.07, 6.45) is 9.31. The average molecular weight is 290 g/mol. The van der Waals surface area contributed by atoms with E-state index in [1.54, 1.807) is 7.11 Å². The largest absolute Gasteiger partial charge is 0.496 e. The number of nitrogens with one attached hydrogen (secondary N) is 1. The van der Waals surface area contributed by atoms with Crippen LogP contribution in [0, 0.1) is 19.8 Å². The molecule has 3 nitrogen and oxygen atoms in total. The molecule has 1 aliphatic carbocycles. The fourth-order valence-corrected chi connectivity index (χ4v) is 3.76. The van der Waals surface area contributed by atoms with Crippen LogP contribution in [0.2, 0.25) is 0 Å². The second-order valence-corrected chi connectivity index (χ2v) is 6.51. The quantitative estimate of drug-likeness (QED) is 0.486. The van der Waals surface area contributed by atoms with Crippen molar-refractivity contribution < 1.29 is 4.74 Å². The highest BCUT2D eigenvalue weighted by molar-refractivity contribution is 5.45. The third kappa shape index (κ3) is 4.21. The molecule has 0 aromatic heterocycles. The van der Waals surface area contributed by atoms with Gasteiger partial charge < -0.3 is 4.74 Å². The number of nitrogens with two attached hydrogens (primary N) is 1. The first kappa shape index (κ1) is 16.3. The van der Waals surface area contributed by atoms with E-state index in [4.69, 9.17) is 10.6 Å². The fraction of sp³-hybridized carbons (Fsp3) is 0.667. The molecule has 0 saturated heterocycles. The molecular weight excluding hydrogens is 260 g/mol. The van der Waals surface area contributed by atoms with E-state index in [0.717, 1.165) is 18.1 Å². The van der Waals surface area contributed by atoms with E-state index in [9.17, 15) is 0 Å². The zero-order chi connectivity index (χ0) is 15.2. The SMILES string of the molecule is COc1cc(C)cc(C)c1C(CC1CCCCCC1)NN. The van der Waals surface area contributed by atoms with Gasteiger partial charge >= 0.3 is 0 Å². The molecular formula is C18H30N2O. The summed E-state index contributed by atoms with van der Waals surface area (Å²) in [6.45, 7) is 4.26. The van der Waals surface area contributed by atoms with Crippen LogP contribution in [-0.4, -0.2) is 7.11 Å². The van der Waals surface area contributed by atoms with Gasteiger partial charge in [0, 0.05) is 5.56 Å². The molecule has 1 fully saturated rings. The van der Waals surface area contributed by atoms with E-state index in [-0.39, 0.29) is 6.04 Å². The number of hydrogen-bond acceptors (Lipinski definition) is 3. The molecule has 0 bridgehead atoms. The molecule has 21 heavy (non-hydrogen) atoms. The number of methoxy groups -OCH3 is 1. The Morgan fingerprint density at radius 1 is 1.19 bits per heavy atom. The van der Waals surface area contributed by atoms with Gasteiger partial charge in [-0.05, 0) is 43.4 Å². The lowest BCUT2D eigenvalue weighted by Crippen LogP contribution is -2.30. The summed E-state index contributed by atoms with van der Waals surface area (Å²) in [5.41, 5.74) is 6.77.